The van der Waals surface area contributed by atoms with E-state index in [0.29, 0.717) is 5.75 Å². The van der Waals surface area contributed by atoms with Crippen LogP contribution in [0.3, 0.4) is 0 Å². The minimum atomic E-state index is -0.496. The number of ketones is 1. The van der Waals surface area contributed by atoms with Crippen molar-refractivity contribution in [3.8, 4) is 0 Å². The molecule has 0 saturated carbocycles. The van der Waals surface area contributed by atoms with Crippen LogP contribution >= 0.6 is 23.1 Å². The Balaban J connectivity index is 1.42. The van der Waals surface area contributed by atoms with Gasteiger partial charge in [0.15, 0.2) is 16.7 Å². The summed E-state index contributed by atoms with van der Waals surface area (Å²) in [5.74, 6) is -0.859. The Morgan fingerprint density at radius 3 is 2.80 bits per heavy atom. The van der Waals surface area contributed by atoms with Crippen LogP contribution in [0, 0.1) is 5.82 Å². The lowest BCUT2D eigenvalue weighted by molar-refractivity contribution is -0.141. The van der Waals surface area contributed by atoms with E-state index in [4.69, 9.17) is 4.74 Å². The quantitative estimate of drug-likeness (QED) is 0.349. The summed E-state index contributed by atoms with van der Waals surface area (Å²) in [5.41, 5.74) is 1.13. The molecular weight excluding hydrogens is 361 g/mol. The van der Waals surface area contributed by atoms with Gasteiger partial charge in [0.1, 0.15) is 5.82 Å². The molecule has 7 heteroatoms. The summed E-state index contributed by atoms with van der Waals surface area (Å²) in [6.07, 6.45) is 0.178. The molecule has 0 spiro atoms. The molecule has 0 amide bonds. The molecule has 4 nitrogen and oxygen atoms in total. The van der Waals surface area contributed by atoms with Gasteiger partial charge in [0.2, 0.25) is 0 Å². The highest BCUT2D eigenvalue weighted by atomic mass is 32.2. The second-order valence-electron chi connectivity index (χ2n) is 5.14. The number of Topliss-reactive ketones (excluding diaryl/α,β-unsaturated/α-hetero) is 1. The second kappa shape index (κ2) is 8.22. The number of carbonyl (C=O) groups excluding carboxylic acids is 2. The van der Waals surface area contributed by atoms with Gasteiger partial charge in [-0.15, -0.1) is 11.3 Å². The molecule has 0 bridgehead atoms. The largest absolute Gasteiger partial charge is 0.457 e. The lowest BCUT2D eigenvalue weighted by atomic mass is 10.1. The van der Waals surface area contributed by atoms with Gasteiger partial charge >= 0.3 is 5.97 Å². The van der Waals surface area contributed by atoms with Crippen molar-refractivity contribution in [3.63, 3.8) is 0 Å². The van der Waals surface area contributed by atoms with Crippen LogP contribution in [0.25, 0.3) is 10.2 Å². The number of thiazole rings is 1. The van der Waals surface area contributed by atoms with Crippen molar-refractivity contribution in [3.05, 3.63) is 59.9 Å². The van der Waals surface area contributed by atoms with Crippen molar-refractivity contribution in [1.82, 2.24) is 4.98 Å². The van der Waals surface area contributed by atoms with E-state index in [1.807, 2.05) is 24.3 Å². The van der Waals surface area contributed by atoms with Gasteiger partial charge in [-0.2, -0.15) is 0 Å². The average molecular weight is 375 g/mol. The molecule has 0 radical (unpaired) electrons. The summed E-state index contributed by atoms with van der Waals surface area (Å²) in [7, 11) is 0. The first-order chi connectivity index (χ1) is 12.1. The number of halogens is 1. The molecule has 0 aliphatic heterocycles. The lowest BCUT2D eigenvalue weighted by Crippen LogP contribution is -2.14. The zero-order chi connectivity index (χ0) is 17.6. The van der Waals surface area contributed by atoms with E-state index in [2.05, 4.69) is 4.98 Å². The Morgan fingerprint density at radius 1 is 1.16 bits per heavy atom. The molecule has 2 aromatic carbocycles. The Labute approximate surface area is 152 Å². The molecule has 128 valence electrons. The van der Waals surface area contributed by atoms with E-state index < -0.39 is 17.6 Å². The van der Waals surface area contributed by atoms with E-state index >= 15 is 0 Å². The number of aromatic nitrogens is 1. The number of thioether (sulfide) groups is 1. The molecule has 0 aliphatic carbocycles. The first kappa shape index (κ1) is 17.6. The average Bonchev–Trinajstić information content (AvgIpc) is 3.02. The van der Waals surface area contributed by atoms with E-state index in [1.165, 1.54) is 30.0 Å². The molecule has 0 fully saturated rings. The Hall–Kier alpha value is -2.25. The number of fused-ring (bicyclic) bond motifs is 1. The number of carbonyl (C=O) groups is 2. The molecule has 0 atom stereocenters. The molecular formula is C18H14FNO3S2. The normalized spacial score (nSPS) is 10.8. The SMILES string of the molecule is O=C(CCSc1nc2ccccc2s1)OCC(=O)c1cccc(F)c1. The zero-order valence-corrected chi connectivity index (χ0v) is 14.7. The predicted octanol–water partition coefficient (Wildman–Crippen LogP) is 4.34. The summed E-state index contributed by atoms with van der Waals surface area (Å²) in [5, 5.41) is 0. The molecule has 1 aromatic heterocycles. The maximum atomic E-state index is 13.1. The van der Waals surface area contributed by atoms with Crippen molar-refractivity contribution in [2.45, 2.75) is 10.8 Å². The van der Waals surface area contributed by atoms with Gasteiger partial charge in [0.05, 0.1) is 16.6 Å². The number of hydrogen-bond donors (Lipinski definition) is 0. The third kappa shape index (κ3) is 4.87. The number of nitrogens with zero attached hydrogens (tertiary/aromatic N) is 1. The Bertz CT molecular complexity index is 877. The maximum Gasteiger partial charge on any atom is 0.307 e. The topological polar surface area (TPSA) is 56.3 Å². The van der Waals surface area contributed by atoms with Crippen LogP contribution in [0.2, 0.25) is 0 Å². The second-order valence-corrected chi connectivity index (χ2v) is 7.51. The molecule has 0 aliphatic rings. The van der Waals surface area contributed by atoms with Crippen LogP contribution < -0.4 is 0 Å². The standard InChI is InChI=1S/C18H14FNO3S2/c19-13-5-3-4-12(10-13)15(21)11-23-17(22)8-9-24-18-20-14-6-1-2-7-16(14)25-18/h1-7,10H,8-9,11H2. The number of ether oxygens (including phenoxy) is 1. The Morgan fingerprint density at radius 2 is 2.00 bits per heavy atom. The molecule has 3 rings (SSSR count). The van der Waals surface area contributed by atoms with Crippen molar-refractivity contribution in [2.75, 3.05) is 12.4 Å². The molecule has 3 aromatic rings. The summed E-state index contributed by atoms with van der Waals surface area (Å²) in [4.78, 5) is 28.0. The smallest absolute Gasteiger partial charge is 0.307 e. The van der Waals surface area contributed by atoms with Crippen molar-refractivity contribution in [2.24, 2.45) is 0 Å². The highest BCUT2D eigenvalue weighted by molar-refractivity contribution is 8.01. The summed E-state index contributed by atoms with van der Waals surface area (Å²) < 4.78 is 20.0. The third-order valence-corrected chi connectivity index (χ3v) is 5.50. The van der Waals surface area contributed by atoms with E-state index in [0.717, 1.165) is 20.6 Å². The lowest BCUT2D eigenvalue weighted by Gasteiger charge is -2.04. The monoisotopic (exact) mass is 375 g/mol. The van der Waals surface area contributed by atoms with Crippen molar-refractivity contribution >= 4 is 45.1 Å². The third-order valence-electron chi connectivity index (χ3n) is 3.32. The van der Waals surface area contributed by atoms with Crippen LogP contribution in [0.4, 0.5) is 4.39 Å². The van der Waals surface area contributed by atoms with Crippen LogP contribution in [-0.2, 0) is 9.53 Å². The first-order valence-electron chi connectivity index (χ1n) is 7.54. The fourth-order valence-corrected chi connectivity index (χ4v) is 4.16. The van der Waals surface area contributed by atoms with Crippen LogP contribution in [0.1, 0.15) is 16.8 Å². The first-order valence-corrected chi connectivity index (χ1v) is 9.35. The number of para-hydroxylation sites is 1. The van der Waals surface area contributed by atoms with E-state index in [-0.39, 0.29) is 18.6 Å². The number of hydrogen-bond acceptors (Lipinski definition) is 6. The minimum Gasteiger partial charge on any atom is -0.457 e. The van der Waals surface area contributed by atoms with Gasteiger partial charge in [-0.05, 0) is 24.3 Å². The molecule has 25 heavy (non-hydrogen) atoms. The fourth-order valence-electron chi connectivity index (χ4n) is 2.10. The van der Waals surface area contributed by atoms with E-state index in [1.54, 1.807) is 11.3 Å². The van der Waals surface area contributed by atoms with Crippen molar-refractivity contribution < 1.29 is 18.7 Å². The minimum absolute atomic E-state index is 0.178. The van der Waals surface area contributed by atoms with Gasteiger partial charge < -0.3 is 4.74 Å². The predicted molar refractivity (Wildman–Crippen MR) is 96.7 cm³/mol. The molecule has 1 heterocycles. The molecule has 0 N–H and O–H groups in total. The van der Waals surface area contributed by atoms with Gasteiger partial charge in [0, 0.05) is 11.3 Å². The number of esters is 1. The zero-order valence-electron chi connectivity index (χ0n) is 13.1. The summed E-state index contributed by atoms with van der Waals surface area (Å²) in [6, 6.07) is 13.2. The van der Waals surface area contributed by atoms with Gasteiger partial charge in [-0.3, -0.25) is 9.59 Å². The Kier molecular flexibility index (Phi) is 5.78. The van der Waals surface area contributed by atoms with Gasteiger partial charge in [-0.25, -0.2) is 9.37 Å². The van der Waals surface area contributed by atoms with Crippen LogP contribution in [-0.4, -0.2) is 29.1 Å². The fraction of sp³-hybridized carbons (Fsp3) is 0.167. The highest BCUT2D eigenvalue weighted by Gasteiger charge is 2.11. The summed E-state index contributed by atoms with van der Waals surface area (Å²) in [6.45, 7) is -0.381. The van der Waals surface area contributed by atoms with Gasteiger partial charge in [-0.1, -0.05) is 36.0 Å². The van der Waals surface area contributed by atoms with Gasteiger partial charge in [0.25, 0.3) is 0 Å². The number of benzene rings is 2. The van der Waals surface area contributed by atoms with E-state index in [9.17, 15) is 14.0 Å². The van der Waals surface area contributed by atoms with Crippen molar-refractivity contribution in [1.29, 1.82) is 0 Å². The molecule has 0 saturated heterocycles. The number of rotatable bonds is 7. The highest BCUT2D eigenvalue weighted by Crippen LogP contribution is 2.29. The molecule has 0 unspecified atom stereocenters. The van der Waals surface area contributed by atoms with Crippen LogP contribution in [0.5, 0.6) is 0 Å². The summed E-state index contributed by atoms with van der Waals surface area (Å²) >= 11 is 3.06. The van der Waals surface area contributed by atoms with Crippen LogP contribution in [0.15, 0.2) is 52.9 Å². The maximum absolute atomic E-state index is 13.1.